The van der Waals surface area contributed by atoms with Crippen LogP contribution in [0.15, 0.2) is 60.8 Å². The summed E-state index contributed by atoms with van der Waals surface area (Å²) in [6, 6.07) is 19.3. The second kappa shape index (κ2) is 9.56. The normalized spacial score (nSPS) is 15.5. The third-order valence-corrected chi connectivity index (χ3v) is 6.37. The average molecular weight is 434 g/mol. The van der Waals surface area contributed by atoms with Crippen molar-refractivity contribution in [1.82, 2.24) is 9.47 Å². The summed E-state index contributed by atoms with van der Waals surface area (Å²) in [7, 11) is 0. The number of hydrogen-bond acceptors (Lipinski definition) is 2. The van der Waals surface area contributed by atoms with Gasteiger partial charge in [0.2, 0.25) is 0 Å². The molecule has 1 N–H and O–H groups in total. The zero-order valence-corrected chi connectivity index (χ0v) is 19.4. The van der Waals surface area contributed by atoms with E-state index in [2.05, 4.69) is 89.4 Å². The van der Waals surface area contributed by atoms with Gasteiger partial charge in [0.05, 0.1) is 12.6 Å². The van der Waals surface area contributed by atoms with Crippen LogP contribution in [0, 0.1) is 0 Å². The van der Waals surface area contributed by atoms with Crippen LogP contribution in [-0.4, -0.2) is 27.7 Å². The summed E-state index contributed by atoms with van der Waals surface area (Å²) in [5.41, 5.74) is 6.26. The highest BCUT2D eigenvalue weighted by Gasteiger charge is 2.31. The van der Waals surface area contributed by atoms with Crippen molar-refractivity contribution < 1.29 is 4.74 Å². The highest BCUT2D eigenvalue weighted by Crippen LogP contribution is 2.34. The molecule has 0 amide bonds. The van der Waals surface area contributed by atoms with E-state index < -0.39 is 0 Å². The molecule has 1 aliphatic rings. The van der Waals surface area contributed by atoms with Crippen molar-refractivity contribution in [2.75, 3.05) is 18.5 Å². The van der Waals surface area contributed by atoms with Crippen molar-refractivity contribution in [3.63, 3.8) is 0 Å². The van der Waals surface area contributed by atoms with Gasteiger partial charge in [0.1, 0.15) is 5.75 Å². The van der Waals surface area contributed by atoms with E-state index in [0.717, 1.165) is 36.8 Å². The van der Waals surface area contributed by atoms with Gasteiger partial charge in [-0.2, -0.15) is 0 Å². The molecular weight excluding hydrogens is 402 g/mol. The monoisotopic (exact) mass is 433 g/mol. The van der Waals surface area contributed by atoms with Gasteiger partial charge in [0.25, 0.3) is 0 Å². The molecule has 31 heavy (non-hydrogen) atoms. The molecule has 1 aliphatic heterocycles. The lowest BCUT2D eigenvalue weighted by molar-refractivity contribution is 0.293. The number of aryl methyl sites for hydroxylation is 2. The maximum absolute atomic E-state index is 6.00. The fourth-order valence-electron chi connectivity index (χ4n) is 4.45. The summed E-state index contributed by atoms with van der Waals surface area (Å²) in [4.78, 5) is 2.33. The molecule has 0 saturated carbocycles. The second-order valence-electron chi connectivity index (χ2n) is 7.81. The maximum Gasteiger partial charge on any atom is 0.174 e. The summed E-state index contributed by atoms with van der Waals surface area (Å²) in [6.07, 6.45) is 4.11. The summed E-state index contributed by atoms with van der Waals surface area (Å²) in [5, 5.41) is 4.41. The number of thiocarbonyl (C=S) groups is 1. The Balaban J connectivity index is 1.67. The number of para-hydroxylation sites is 1. The molecule has 0 radical (unpaired) electrons. The van der Waals surface area contributed by atoms with Crippen molar-refractivity contribution in [1.29, 1.82) is 0 Å². The number of nitrogens with one attached hydrogen (secondary N) is 1. The van der Waals surface area contributed by atoms with Gasteiger partial charge < -0.3 is 19.5 Å². The number of ether oxygens (including phenoxy) is 1. The van der Waals surface area contributed by atoms with Crippen LogP contribution < -0.4 is 10.1 Å². The highest BCUT2D eigenvalue weighted by atomic mass is 32.1. The van der Waals surface area contributed by atoms with Crippen molar-refractivity contribution in [2.45, 2.75) is 46.2 Å². The predicted octanol–water partition coefficient (Wildman–Crippen LogP) is 5.81. The molecule has 2 heterocycles. The van der Waals surface area contributed by atoms with E-state index in [1.807, 2.05) is 6.92 Å². The minimum Gasteiger partial charge on any atom is -0.494 e. The first-order valence-electron chi connectivity index (χ1n) is 11.2. The van der Waals surface area contributed by atoms with Crippen LogP contribution in [0.1, 0.15) is 49.2 Å². The van der Waals surface area contributed by atoms with Gasteiger partial charge in [0.15, 0.2) is 5.11 Å². The lowest BCUT2D eigenvalue weighted by Crippen LogP contribution is -2.44. The molecule has 4 nitrogen and oxygen atoms in total. The Bertz CT molecular complexity index is 1020. The van der Waals surface area contributed by atoms with E-state index in [0.29, 0.717) is 6.61 Å². The van der Waals surface area contributed by atoms with Gasteiger partial charge in [-0.05, 0) is 72.9 Å². The summed E-state index contributed by atoms with van der Waals surface area (Å²) in [6.45, 7) is 8.85. The van der Waals surface area contributed by atoms with Crippen LogP contribution in [0.3, 0.4) is 0 Å². The predicted molar refractivity (Wildman–Crippen MR) is 132 cm³/mol. The lowest BCUT2D eigenvalue weighted by atomic mass is 10.00. The molecule has 162 valence electrons. The van der Waals surface area contributed by atoms with Gasteiger partial charge in [-0.25, -0.2) is 0 Å². The molecule has 0 aliphatic carbocycles. The zero-order chi connectivity index (χ0) is 21.8. The number of rotatable bonds is 6. The molecule has 0 bridgehead atoms. The first-order valence-corrected chi connectivity index (χ1v) is 11.6. The Morgan fingerprint density at radius 2 is 1.68 bits per heavy atom. The largest absolute Gasteiger partial charge is 0.494 e. The third kappa shape index (κ3) is 4.33. The second-order valence-corrected chi connectivity index (χ2v) is 8.20. The number of aromatic nitrogens is 1. The van der Waals surface area contributed by atoms with Crippen molar-refractivity contribution in [2.24, 2.45) is 0 Å². The topological polar surface area (TPSA) is 29.4 Å². The van der Waals surface area contributed by atoms with E-state index >= 15 is 0 Å². The van der Waals surface area contributed by atoms with Crippen LogP contribution >= 0.6 is 12.2 Å². The quantitative estimate of drug-likeness (QED) is 0.497. The van der Waals surface area contributed by atoms with Crippen LogP contribution in [0.5, 0.6) is 5.75 Å². The lowest BCUT2D eigenvalue weighted by Gasteiger charge is -2.39. The minimum absolute atomic E-state index is 0.0679. The Hall–Kier alpha value is -2.79. The molecule has 0 saturated heterocycles. The zero-order valence-electron chi connectivity index (χ0n) is 18.6. The van der Waals surface area contributed by atoms with E-state index in [1.54, 1.807) is 0 Å². The molecule has 4 rings (SSSR count). The number of fused-ring (bicyclic) bond motifs is 1. The molecule has 1 atom stereocenters. The molecule has 1 unspecified atom stereocenters. The fourth-order valence-corrected chi connectivity index (χ4v) is 4.75. The van der Waals surface area contributed by atoms with Crippen molar-refractivity contribution in [3.8, 4) is 5.75 Å². The van der Waals surface area contributed by atoms with Crippen LogP contribution in [0.25, 0.3) is 0 Å². The molecule has 1 aromatic heterocycles. The molecule has 2 aromatic carbocycles. The van der Waals surface area contributed by atoms with Crippen LogP contribution in [-0.2, 0) is 19.4 Å². The number of nitrogens with zero attached hydrogens (tertiary/aromatic N) is 2. The molecule has 3 aromatic rings. The van der Waals surface area contributed by atoms with E-state index in [1.165, 1.54) is 28.1 Å². The first kappa shape index (κ1) is 21.4. The SMILES string of the molecule is CCOc1ccc(C2c3cccn3CCN2C(=S)Nc2c(CC)cccc2CC)cc1. The van der Waals surface area contributed by atoms with E-state index in [-0.39, 0.29) is 6.04 Å². The van der Waals surface area contributed by atoms with Crippen LogP contribution in [0.4, 0.5) is 5.69 Å². The number of hydrogen-bond donors (Lipinski definition) is 1. The van der Waals surface area contributed by atoms with E-state index in [9.17, 15) is 0 Å². The third-order valence-electron chi connectivity index (χ3n) is 6.04. The first-order chi connectivity index (χ1) is 15.2. The Morgan fingerprint density at radius 1 is 0.968 bits per heavy atom. The Morgan fingerprint density at radius 3 is 2.32 bits per heavy atom. The van der Waals surface area contributed by atoms with Gasteiger partial charge in [-0.1, -0.05) is 44.2 Å². The Labute approximate surface area is 190 Å². The van der Waals surface area contributed by atoms with Gasteiger partial charge >= 0.3 is 0 Å². The highest BCUT2D eigenvalue weighted by molar-refractivity contribution is 7.80. The van der Waals surface area contributed by atoms with Crippen molar-refractivity contribution in [3.05, 3.63) is 83.2 Å². The van der Waals surface area contributed by atoms with Gasteiger partial charge in [0, 0.05) is 30.7 Å². The summed E-state index contributed by atoms with van der Waals surface area (Å²) in [5.74, 6) is 0.897. The average Bonchev–Trinajstić information content (AvgIpc) is 3.28. The summed E-state index contributed by atoms with van der Waals surface area (Å²) < 4.78 is 7.98. The smallest absolute Gasteiger partial charge is 0.174 e. The molecule has 0 fully saturated rings. The summed E-state index contributed by atoms with van der Waals surface area (Å²) >= 11 is 6.00. The van der Waals surface area contributed by atoms with Crippen molar-refractivity contribution >= 4 is 23.0 Å². The maximum atomic E-state index is 6.00. The molecular formula is C26H31N3OS. The molecule has 5 heteroatoms. The number of benzene rings is 2. The van der Waals surface area contributed by atoms with Crippen LogP contribution in [0.2, 0.25) is 0 Å². The standard InChI is InChI=1S/C26H31N3OS/c1-4-19-9-7-10-20(5-2)24(19)27-26(31)29-18-17-28-16-8-11-23(28)25(29)21-12-14-22(15-13-21)30-6-3/h7-16,25H,4-6,17-18H2,1-3H3,(H,27,31). The minimum atomic E-state index is 0.0679. The molecule has 0 spiro atoms. The Kier molecular flexibility index (Phi) is 6.62. The fraction of sp³-hybridized carbons (Fsp3) is 0.346. The number of anilines is 1. The van der Waals surface area contributed by atoms with E-state index in [4.69, 9.17) is 17.0 Å². The van der Waals surface area contributed by atoms with Gasteiger partial charge in [-0.15, -0.1) is 0 Å². The van der Waals surface area contributed by atoms with Gasteiger partial charge in [-0.3, -0.25) is 0 Å².